The van der Waals surface area contributed by atoms with Gasteiger partial charge in [0.2, 0.25) is 0 Å². The lowest BCUT2D eigenvalue weighted by molar-refractivity contribution is -0.141. The maximum Gasteiger partial charge on any atom is 0.313 e. The molecule has 0 atom stereocenters. The number of ketones is 1. The highest BCUT2D eigenvalue weighted by Gasteiger charge is 2.16. The molecule has 1 aromatic rings. The van der Waals surface area contributed by atoms with E-state index in [4.69, 9.17) is 10.5 Å². The minimum atomic E-state index is -0.629. The normalized spacial score (nSPS) is 9.06. The van der Waals surface area contributed by atoms with E-state index in [1.165, 1.54) is 18.2 Å². The second kappa shape index (κ2) is 6.17. The summed E-state index contributed by atoms with van der Waals surface area (Å²) >= 11 is 0. The van der Waals surface area contributed by atoms with Gasteiger partial charge in [-0.25, -0.2) is 0 Å². The third kappa shape index (κ3) is 3.16. The van der Waals surface area contributed by atoms with Gasteiger partial charge in [-0.15, -0.1) is 0 Å². The fourth-order valence-electron chi connectivity index (χ4n) is 1.39. The first-order valence-corrected chi connectivity index (χ1v) is 5.25. The van der Waals surface area contributed by atoms with Crippen LogP contribution < -0.4 is 0 Å². The Kier molecular flexibility index (Phi) is 4.59. The molecule has 1 aromatic carbocycles. The third-order valence-electron chi connectivity index (χ3n) is 2.18. The van der Waals surface area contributed by atoms with Gasteiger partial charge in [-0.1, -0.05) is 0 Å². The lowest BCUT2D eigenvalue weighted by Crippen LogP contribution is -2.12. The van der Waals surface area contributed by atoms with Gasteiger partial charge in [0.05, 0.1) is 29.9 Å². The number of nitrogens with zero attached hydrogens (tertiary/aromatic N) is 2. The lowest BCUT2D eigenvalue weighted by atomic mass is 10.0. The van der Waals surface area contributed by atoms with Crippen LogP contribution in [0.15, 0.2) is 18.2 Å². The monoisotopic (exact) mass is 242 g/mol. The number of rotatable bonds is 4. The van der Waals surface area contributed by atoms with Crippen LogP contribution in [0, 0.1) is 22.7 Å². The fourth-order valence-corrected chi connectivity index (χ4v) is 1.39. The molecule has 0 aliphatic rings. The molecule has 18 heavy (non-hydrogen) atoms. The number of carbonyl (C=O) groups excluding carboxylic acids is 2. The summed E-state index contributed by atoms with van der Waals surface area (Å²) < 4.78 is 4.66. The number of hydrogen-bond donors (Lipinski definition) is 0. The molecule has 1 rings (SSSR count). The molecule has 5 nitrogen and oxygen atoms in total. The SMILES string of the molecule is CCOC(=O)CC(=O)c1ccc(C#N)cc1C#N. The Balaban J connectivity index is 2.97. The van der Waals surface area contributed by atoms with Crippen LogP contribution in [0.4, 0.5) is 0 Å². The first kappa shape index (κ1) is 13.4. The van der Waals surface area contributed by atoms with Crippen LogP contribution in [0.25, 0.3) is 0 Å². The molecule has 0 aliphatic carbocycles. The van der Waals surface area contributed by atoms with Gasteiger partial charge in [-0.2, -0.15) is 10.5 Å². The highest BCUT2D eigenvalue weighted by molar-refractivity contribution is 6.07. The highest BCUT2D eigenvalue weighted by atomic mass is 16.5. The smallest absolute Gasteiger partial charge is 0.313 e. The van der Waals surface area contributed by atoms with Crippen LogP contribution in [-0.2, 0) is 9.53 Å². The molecule has 0 unspecified atom stereocenters. The van der Waals surface area contributed by atoms with Gasteiger partial charge < -0.3 is 4.74 Å². The molecule has 0 bridgehead atoms. The van der Waals surface area contributed by atoms with Crippen molar-refractivity contribution in [2.45, 2.75) is 13.3 Å². The zero-order chi connectivity index (χ0) is 13.5. The number of nitriles is 2. The molecule has 90 valence electrons. The summed E-state index contributed by atoms with van der Waals surface area (Å²) in [5, 5.41) is 17.6. The minimum absolute atomic E-state index is 0.0864. The molecule has 0 amide bonds. The van der Waals surface area contributed by atoms with Crippen molar-refractivity contribution in [3.8, 4) is 12.1 Å². The van der Waals surface area contributed by atoms with Crippen molar-refractivity contribution >= 4 is 11.8 Å². The Morgan fingerprint density at radius 3 is 2.56 bits per heavy atom. The predicted molar refractivity (Wildman–Crippen MR) is 61.5 cm³/mol. The Bertz CT molecular complexity index is 565. The van der Waals surface area contributed by atoms with Gasteiger partial charge in [0.15, 0.2) is 5.78 Å². The highest BCUT2D eigenvalue weighted by Crippen LogP contribution is 2.13. The summed E-state index contributed by atoms with van der Waals surface area (Å²) in [5.74, 6) is -1.12. The van der Waals surface area contributed by atoms with Crippen molar-refractivity contribution in [1.29, 1.82) is 10.5 Å². The maximum atomic E-state index is 11.8. The van der Waals surface area contributed by atoms with Crippen molar-refractivity contribution in [2.24, 2.45) is 0 Å². The van der Waals surface area contributed by atoms with E-state index in [9.17, 15) is 9.59 Å². The Labute approximate surface area is 104 Å². The molecule has 0 N–H and O–H groups in total. The predicted octanol–water partition coefficient (Wildman–Crippen LogP) is 1.57. The van der Waals surface area contributed by atoms with Crippen molar-refractivity contribution in [3.05, 3.63) is 34.9 Å². The van der Waals surface area contributed by atoms with Gasteiger partial charge in [-0.3, -0.25) is 9.59 Å². The minimum Gasteiger partial charge on any atom is -0.466 e. The Hall–Kier alpha value is -2.66. The van der Waals surface area contributed by atoms with Crippen LogP contribution in [-0.4, -0.2) is 18.4 Å². The van der Waals surface area contributed by atoms with Gasteiger partial charge in [0.1, 0.15) is 6.42 Å². The van der Waals surface area contributed by atoms with Crippen molar-refractivity contribution in [1.82, 2.24) is 0 Å². The molecule has 0 aromatic heterocycles. The van der Waals surface area contributed by atoms with E-state index in [-0.39, 0.29) is 17.7 Å². The number of ether oxygens (including phenoxy) is 1. The summed E-state index contributed by atoms with van der Waals surface area (Å²) in [6, 6.07) is 7.83. The van der Waals surface area contributed by atoms with Gasteiger partial charge in [-0.05, 0) is 25.1 Å². The van der Waals surface area contributed by atoms with E-state index in [0.717, 1.165) is 0 Å². The van der Waals surface area contributed by atoms with E-state index < -0.39 is 18.2 Å². The largest absolute Gasteiger partial charge is 0.466 e. The Morgan fingerprint density at radius 2 is 2.00 bits per heavy atom. The van der Waals surface area contributed by atoms with Crippen molar-refractivity contribution in [2.75, 3.05) is 6.61 Å². The molecule has 5 heteroatoms. The van der Waals surface area contributed by atoms with Gasteiger partial charge in [0, 0.05) is 5.56 Å². The lowest BCUT2D eigenvalue weighted by Gasteiger charge is -2.03. The summed E-state index contributed by atoms with van der Waals surface area (Å²) in [6.07, 6.45) is -0.408. The summed E-state index contributed by atoms with van der Waals surface area (Å²) in [4.78, 5) is 22.9. The van der Waals surface area contributed by atoms with E-state index in [0.29, 0.717) is 5.56 Å². The van der Waals surface area contributed by atoms with E-state index in [1.807, 2.05) is 12.1 Å². The quantitative estimate of drug-likeness (QED) is 0.454. The molecule has 0 fully saturated rings. The fraction of sp³-hybridized carbons (Fsp3) is 0.231. The molecule has 0 heterocycles. The molecule has 0 aliphatic heterocycles. The Morgan fingerprint density at radius 1 is 1.28 bits per heavy atom. The van der Waals surface area contributed by atoms with Crippen LogP contribution in [0.1, 0.15) is 34.8 Å². The first-order chi connectivity index (χ1) is 8.62. The third-order valence-corrected chi connectivity index (χ3v) is 2.18. The number of carbonyl (C=O) groups is 2. The molecule has 0 spiro atoms. The van der Waals surface area contributed by atoms with Crippen LogP contribution >= 0.6 is 0 Å². The molecular formula is C13H10N2O3. The maximum absolute atomic E-state index is 11.8. The topological polar surface area (TPSA) is 90.9 Å². The molecular weight excluding hydrogens is 232 g/mol. The van der Waals surface area contributed by atoms with Crippen LogP contribution in [0.5, 0.6) is 0 Å². The average Bonchev–Trinajstić information content (AvgIpc) is 2.38. The van der Waals surface area contributed by atoms with Crippen molar-refractivity contribution in [3.63, 3.8) is 0 Å². The number of benzene rings is 1. The number of hydrogen-bond acceptors (Lipinski definition) is 5. The van der Waals surface area contributed by atoms with Crippen molar-refractivity contribution < 1.29 is 14.3 Å². The summed E-state index contributed by atoms with van der Waals surface area (Å²) in [6.45, 7) is 1.84. The second-order valence-electron chi connectivity index (χ2n) is 3.39. The first-order valence-electron chi connectivity index (χ1n) is 5.25. The molecule has 0 saturated heterocycles. The average molecular weight is 242 g/mol. The van der Waals surface area contributed by atoms with Crippen LogP contribution in [0.2, 0.25) is 0 Å². The molecule has 0 saturated carbocycles. The van der Waals surface area contributed by atoms with Gasteiger partial charge >= 0.3 is 5.97 Å². The van der Waals surface area contributed by atoms with E-state index in [1.54, 1.807) is 6.92 Å². The zero-order valence-electron chi connectivity index (χ0n) is 9.77. The summed E-state index contributed by atoms with van der Waals surface area (Å²) in [5.41, 5.74) is 0.507. The van der Waals surface area contributed by atoms with Gasteiger partial charge in [0.25, 0.3) is 0 Å². The second-order valence-corrected chi connectivity index (χ2v) is 3.39. The summed E-state index contributed by atoms with van der Waals surface area (Å²) in [7, 11) is 0. The standard InChI is InChI=1S/C13H10N2O3/c1-2-18-13(17)6-12(16)11-4-3-9(7-14)5-10(11)8-15/h3-5H,2,6H2,1H3. The number of Topliss-reactive ketones (excluding diaryl/α,β-unsaturated/α-hetero) is 1. The zero-order valence-corrected chi connectivity index (χ0v) is 9.77. The van der Waals surface area contributed by atoms with Crippen LogP contribution in [0.3, 0.4) is 0 Å². The number of esters is 1. The van der Waals surface area contributed by atoms with E-state index in [2.05, 4.69) is 4.74 Å². The van der Waals surface area contributed by atoms with E-state index >= 15 is 0 Å². The molecule has 0 radical (unpaired) electrons.